The molecule has 0 radical (unpaired) electrons. The first-order chi connectivity index (χ1) is 12.6. The summed E-state index contributed by atoms with van der Waals surface area (Å²) < 4.78 is 12.4. The molecule has 1 aliphatic carbocycles. The normalized spacial score (nSPS) is 16.1. The molecule has 140 valence electrons. The van der Waals surface area contributed by atoms with Crippen LogP contribution in [-0.4, -0.2) is 52.0 Å². The number of ether oxygens (including phenoxy) is 2. The molecule has 0 unspecified atom stereocenters. The number of rotatable bonds is 5. The average molecular weight is 359 g/mol. The van der Waals surface area contributed by atoms with E-state index in [0.29, 0.717) is 18.2 Å². The van der Waals surface area contributed by atoms with E-state index < -0.39 is 5.54 Å². The van der Waals surface area contributed by atoms with Crippen LogP contribution >= 0.6 is 0 Å². The molecule has 2 aromatic rings. The summed E-state index contributed by atoms with van der Waals surface area (Å²) in [5.41, 5.74) is 0.145. The van der Waals surface area contributed by atoms with Gasteiger partial charge >= 0.3 is 6.09 Å². The van der Waals surface area contributed by atoms with Crippen molar-refractivity contribution >= 4 is 6.09 Å². The Morgan fingerprint density at radius 3 is 2.69 bits per heavy atom. The lowest BCUT2D eigenvalue weighted by Gasteiger charge is -2.42. The minimum atomic E-state index is -0.602. The number of aromatic nitrogens is 4. The topological polar surface area (TPSA) is 82.4 Å². The van der Waals surface area contributed by atoms with E-state index in [9.17, 15) is 4.79 Å². The molecule has 26 heavy (non-hydrogen) atoms. The van der Waals surface area contributed by atoms with Crippen LogP contribution in [0.4, 0.5) is 4.79 Å². The molecule has 0 saturated heterocycles. The van der Waals surface area contributed by atoms with E-state index in [0.717, 1.165) is 37.8 Å². The molecule has 0 N–H and O–H groups in total. The van der Waals surface area contributed by atoms with Gasteiger partial charge in [0.25, 0.3) is 0 Å². The Labute approximate surface area is 153 Å². The van der Waals surface area contributed by atoms with Gasteiger partial charge in [-0.25, -0.2) is 4.79 Å². The largest absolute Gasteiger partial charge is 0.494 e. The fourth-order valence-electron chi connectivity index (χ4n) is 3.69. The predicted octanol–water partition coefficient (Wildman–Crippen LogP) is 2.92. The van der Waals surface area contributed by atoms with Crippen LogP contribution in [0.5, 0.6) is 5.75 Å². The van der Waals surface area contributed by atoms with E-state index in [2.05, 4.69) is 15.5 Å². The minimum Gasteiger partial charge on any atom is -0.494 e. The van der Waals surface area contributed by atoms with E-state index in [4.69, 9.17) is 9.47 Å². The maximum absolute atomic E-state index is 12.5. The highest BCUT2D eigenvalue weighted by Crippen LogP contribution is 2.42. The summed E-state index contributed by atoms with van der Waals surface area (Å²) in [5.74, 6) is 1.31. The molecule has 0 atom stereocenters. The van der Waals surface area contributed by atoms with Crippen LogP contribution in [0.15, 0.2) is 24.3 Å². The number of benzene rings is 1. The zero-order valence-electron chi connectivity index (χ0n) is 15.5. The molecule has 1 aromatic heterocycles. The van der Waals surface area contributed by atoms with Crippen molar-refractivity contribution in [2.75, 3.05) is 20.8 Å². The fraction of sp³-hybridized carbons (Fsp3) is 0.556. The predicted molar refractivity (Wildman–Crippen MR) is 95.3 cm³/mol. The molecule has 1 aromatic carbocycles. The lowest BCUT2D eigenvalue weighted by atomic mass is 9.79. The number of para-hydroxylation sites is 2. The molecule has 1 heterocycles. The highest BCUT2D eigenvalue weighted by atomic mass is 16.6. The summed E-state index contributed by atoms with van der Waals surface area (Å²) in [7, 11) is 3.38. The Kier molecular flexibility index (Phi) is 5.39. The molecule has 0 bridgehead atoms. The first-order valence-corrected chi connectivity index (χ1v) is 8.97. The standard InChI is InChI=1S/C18H25N5O3/c1-4-26-17(24)22(2)18(12-8-5-9-13-18)16-19-20-21-23(16)14-10-6-7-11-15(14)25-3/h6-7,10-11H,4-5,8-9,12-13H2,1-3H3. The zero-order chi connectivity index (χ0) is 18.6. The van der Waals surface area contributed by atoms with Gasteiger partial charge in [-0.15, -0.1) is 5.10 Å². The van der Waals surface area contributed by atoms with Crippen molar-refractivity contribution in [2.24, 2.45) is 0 Å². The molecule has 1 amide bonds. The van der Waals surface area contributed by atoms with Crippen molar-refractivity contribution in [3.8, 4) is 11.4 Å². The molecule has 1 fully saturated rings. The second kappa shape index (κ2) is 7.72. The number of carbonyl (C=O) groups excluding carboxylic acids is 1. The van der Waals surface area contributed by atoms with Crippen LogP contribution in [0.1, 0.15) is 44.9 Å². The number of carbonyl (C=O) groups is 1. The summed E-state index contributed by atoms with van der Waals surface area (Å²) in [5, 5.41) is 12.4. The molecule has 8 nitrogen and oxygen atoms in total. The second-order valence-electron chi connectivity index (χ2n) is 6.44. The van der Waals surface area contributed by atoms with Crippen molar-refractivity contribution in [3.05, 3.63) is 30.1 Å². The van der Waals surface area contributed by atoms with Gasteiger partial charge in [-0.05, 0) is 42.3 Å². The Morgan fingerprint density at radius 2 is 2.00 bits per heavy atom. The van der Waals surface area contributed by atoms with Crippen molar-refractivity contribution in [1.29, 1.82) is 0 Å². The van der Waals surface area contributed by atoms with Gasteiger partial charge in [0.1, 0.15) is 17.0 Å². The van der Waals surface area contributed by atoms with Crippen LogP contribution in [-0.2, 0) is 10.3 Å². The molecule has 8 heteroatoms. The number of nitrogens with zero attached hydrogens (tertiary/aromatic N) is 5. The molecular formula is C18H25N5O3. The van der Waals surface area contributed by atoms with Gasteiger partial charge in [-0.3, -0.25) is 4.90 Å². The maximum atomic E-state index is 12.5. The lowest BCUT2D eigenvalue weighted by Crippen LogP contribution is -2.50. The maximum Gasteiger partial charge on any atom is 0.410 e. The summed E-state index contributed by atoms with van der Waals surface area (Å²) in [4.78, 5) is 14.2. The summed E-state index contributed by atoms with van der Waals surface area (Å²) in [6.45, 7) is 2.13. The van der Waals surface area contributed by atoms with Crippen LogP contribution in [0.3, 0.4) is 0 Å². The first kappa shape index (κ1) is 18.2. The van der Waals surface area contributed by atoms with Crippen LogP contribution in [0, 0.1) is 0 Å². The Balaban J connectivity index is 2.09. The highest BCUT2D eigenvalue weighted by molar-refractivity contribution is 5.68. The van der Waals surface area contributed by atoms with Gasteiger partial charge in [0.15, 0.2) is 5.82 Å². The second-order valence-corrected chi connectivity index (χ2v) is 6.44. The Morgan fingerprint density at radius 1 is 1.27 bits per heavy atom. The van der Waals surface area contributed by atoms with E-state index in [1.54, 1.807) is 30.7 Å². The number of hydrogen-bond acceptors (Lipinski definition) is 6. The van der Waals surface area contributed by atoms with Gasteiger partial charge in [0.05, 0.1) is 13.7 Å². The van der Waals surface area contributed by atoms with Crippen LogP contribution < -0.4 is 4.74 Å². The zero-order valence-corrected chi connectivity index (χ0v) is 15.5. The third-order valence-electron chi connectivity index (χ3n) is 5.06. The molecule has 3 rings (SSSR count). The summed E-state index contributed by atoms with van der Waals surface area (Å²) in [6.07, 6.45) is 4.36. The van der Waals surface area contributed by atoms with Crippen molar-refractivity contribution in [2.45, 2.75) is 44.6 Å². The van der Waals surface area contributed by atoms with Crippen LogP contribution in [0.25, 0.3) is 5.69 Å². The lowest BCUT2D eigenvalue weighted by molar-refractivity contribution is 0.0390. The minimum absolute atomic E-state index is 0.330. The van der Waals surface area contributed by atoms with Crippen molar-refractivity contribution < 1.29 is 14.3 Å². The first-order valence-electron chi connectivity index (χ1n) is 8.97. The molecule has 1 saturated carbocycles. The SMILES string of the molecule is CCOC(=O)N(C)C1(c2nnnn2-c2ccccc2OC)CCCCC1. The highest BCUT2D eigenvalue weighted by Gasteiger charge is 2.45. The number of hydrogen-bond donors (Lipinski definition) is 0. The average Bonchev–Trinajstić information content (AvgIpc) is 3.18. The molecule has 0 aliphatic heterocycles. The quantitative estimate of drug-likeness (QED) is 0.816. The third-order valence-corrected chi connectivity index (χ3v) is 5.06. The van der Waals surface area contributed by atoms with Crippen molar-refractivity contribution in [1.82, 2.24) is 25.1 Å². The van der Waals surface area contributed by atoms with Gasteiger partial charge in [-0.2, -0.15) is 4.68 Å². The third kappa shape index (κ3) is 3.11. The Hall–Kier alpha value is -2.64. The number of amides is 1. The van der Waals surface area contributed by atoms with E-state index in [1.165, 1.54) is 0 Å². The van der Waals surface area contributed by atoms with Gasteiger partial charge in [-0.1, -0.05) is 31.4 Å². The van der Waals surface area contributed by atoms with Crippen LogP contribution in [0.2, 0.25) is 0 Å². The Bertz CT molecular complexity index is 755. The van der Waals surface area contributed by atoms with E-state index in [-0.39, 0.29) is 6.09 Å². The summed E-state index contributed by atoms with van der Waals surface area (Å²) in [6, 6.07) is 7.57. The van der Waals surface area contributed by atoms with Gasteiger partial charge in [0.2, 0.25) is 0 Å². The smallest absolute Gasteiger partial charge is 0.410 e. The fourth-order valence-corrected chi connectivity index (χ4v) is 3.69. The van der Waals surface area contributed by atoms with Crippen molar-refractivity contribution in [3.63, 3.8) is 0 Å². The number of methoxy groups -OCH3 is 1. The molecule has 0 spiro atoms. The van der Waals surface area contributed by atoms with Gasteiger partial charge in [0, 0.05) is 7.05 Å². The summed E-state index contributed by atoms with van der Waals surface area (Å²) >= 11 is 0. The monoisotopic (exact) mass is 359 g/mol. The number of tetrazole rings is 1. The molecule has 1 aliphatic rings. The van der Waals surface area contributed by atoms with Gasteiger partial charge < -0.3 is 9.47 Å². The van der Waals surface area contributed by atoms with E-state index >= 15 is 0 Å². The molecular weight excluding hydrogens is 334 g/mol. The van der Waals surface area contributed by atoms with E-state index in [1.807, 2.05) is 24.3 Å².